The van der Waals surface area contributed by atoms with Crippen LogP contribution in [0.5, 0.6) is 0 Å². The Morgan fingerprint density at radius 3 is 2.56 bits per heavy atom. The van der Waals surface area contributed by atoms with E-state index in [0.717, 1.165) is 0 Å². The highest BCUT2D eigenvalue weighted by molar-refractivity contribution is 6.31. The van der Waals surface area contributed by atoms with Crippen molar-refractivity contribution in [2.75, 3.05) is 6.54 Å². The molecule has 0 aliphatic rings. The fourth-order valence-corrected chi connectivity index (χ4v) is 0.413. The van der Waals surface area contributed by atoms with E-state index in [9.17, 15) is 0 Å². The molecule has 2 heteroatoms. The number of hydrogen-bond donors (Lipinski definition) is 0. The van der Waals surface area contributed by atoms with Crippen molar-refractivity contribution >= 4 is 17.8 Å². The Morgan fingerprint density at radius 1 is 1.67 bits per heavy atom. The first-order valence-corrected chi connectivity index (χ1v) is 3.25. The summed E-state index contributed by atoms with van der Waals surface area (Å²) in [6.45, 7) is 7.95. The molecule has 0 heterocycles. The molecule has 0 aliphatic heterocycles. The van der Waals surface area contributed by atoms with Gasteiger partial charge in [-0.1, -0.05) is 6.08 Å². The van der Waals surface area contributed by atoms with Gasteiger partial charge in [0.1, 0.15) is 0 Å². The third-order valence-electron chi connectivity index (χ3n) is 0.633. The molecule has 0 aromatic carbocycles. The number of alkyl halides is 1. The summed E-state index contributed by atoms with van der Waals surface area (Å²) in [6, 6.07) is 0. The molecule has 0 unspecified atom stereocenters. The van der Waals surface area contributed by atoms with Crippen LogP contribution in [0.15, 0.2) is 17.6 Å². The van der Waals surface area contributed by atoms with Crippen molar-refractivity contribution in [1.29, 1.82) is 0 Å². The SMILES string of the molecule is C=CCN=CC(C)(C)Cl. The number of hydrogen-bond acceptors (Lipinski definition) is 1. The minimum atomic E-state index is -0.316. The molecule has 0 N–H and O–H groups in total. The van der Waals surface area contributed by atoms with Gasteiger partial charge >= 0.3 is 0 Å². The summed E-state index contributed by atoms with van der Waals surface area (Å²) >= 11 is 5.79. The second kappa shape index (κ2) is 3.67. The summed E-state index contributed by atoms with van der Waals surface area (Å²) in [5, 5.41) is 0. The third kappa shape index (κ3) is 7.70. The van der Waals surface area contributed by atoms with Gasteiger partial charge in [0.15, 0.2) is 0 Å². The van der Waals surface area contributed by atoms with Crippen molar-refractivity contribution in [1.82, 2.24) is 0 Å². The summed E-state index contributed by atoms with van der Waals surface area (Å²) in [5.41, 5.74) is 0. The molecule has 0 saturated carbocycles. The summed E-state index contributed by atoms with van der Waals surface area (Å²) in [7, 11) is 0. The maximum atomic E-state index is 5.79. The summed E-state index contributed by atoms with van der Waals surface area (Å²) < 4.78 is 0. The minimum Gasteiger partial charge on any atom is -0.292 e. The lowest BCUT2D eigenvalue weighted by atomic mass is 10.2. The standard InChI is InChI=1S/C7H12ClN/c1-4-5-9-6-7(2,3)8/h4,6H,1,5H2,2-3H3. The Balaban J connectivity index is 3.57. The van der Waals surface area contributed by atoms with Crippen LogP contribution in [-0.2, 0) is 0 Å². The number of halogens is 1. The number of nitrogens with zero attached hydrogens (tertiary/aromatic N) is 1. The van der Waals surface area contributed by atoms with E-state index in [1.165, 1.54) is 0 Å². The molecule has 0 bridgehead atoms. The van der Waals surface area contributed by atoms with Crippen LogP contribution in [0.1, 0.15) is 13.8 Å². The van der Waals surface area contributed by atoms with Gasteiger partial charge in [-0.3, -0.25) is 4.99 Å². The van der Waals surface area contributed by atoms with Crippen molar-refractivity contribution in [3.63, 3.8) is 0 Å². The number of rotatable bonds is 3. The van der Waals surface area contributed by atoms with Crippen LogP contribution in [0.3, 0.4) is 0 Å². The monoisotopic (exact) mass is 145 g/mol. The minimum absolute atomic E-state index is 0.316. The highest BCUT2D eigenvalue weighted by Crippen LogP contribution is 2.07. The Labute approximate surface area is 61.4 Å². The molecule has 0 rings (SSSR count). The molecule has 0 saturated heterocycles. The zero-order chi connectivity index (χ0) is 7.33. The summed E-state index contributed by atoms with van der Waals surface area (Å²) in [6.07, 6.45) is 3.45. The second-order valence-corrected chi connectivity index (χ2v) is 3.32. The Hall–Kier alpha value is -0.300. The molecule has 9 heavy (non-hydrogen) atoms. The molecular formula is C7H12ClN. The second-order valence-electron chi connectivity index (χ2n) is 2.35. The van der Waals surface area contributed by atoms with Gasteiger partial charge in [-0.15, -0.1) is 18.2 Å². The fourth-order valence-electron chi connectivity index (χ4n) is 0.344. The molecule has 0 radical (unpaired) electrons. The molecule has 0 amide bonds. The van der Waals surface area contributed by atoms with E-state index in [2.05, 4.69) is 11.6 Å². The van der Waals surface area contributed by atoms with E-state index in [1.54, 1.807) is 12.3 Å². The highest BCUT2D eigenvalue weighted by Gasteiger charge is 2.06. The lowest BCUT2D eigenvalue weighted by Crippen LogP contribution is -2.11. The molecule has 52 valence electrons. The van der Waals surface area contributed by atoms with Crippen LogP contribution in [0.25, 0.3) is 0 Å². The van der Waals surface area contributed by atoms with Crippen LogP contribution in [0.4, 0.5) is 0 Å². The van der Waals surface area contributed by atoms with Gasteiger partial charge in [0, 0.05) is 6.21 Å². The van der Waals surface area contributed by atoms with Crippen LogP contribution < -0.4 is 0 Å². The third-order valence-corrected chi connectivity index (χ3v) is 0.730. The summed E-state index contributed by atoms with van der Waals surface area (Å²) in [4.78, 5) is 3.67. The van der Waals surface area contributed by atoms with E-state index < -0.39 is 0 Å². The average molecular weight is 146 g/mol. The van der Waals surface area contributed by atoms with Crippen LogP contribution in [0.2, 0.25) is 0 Å². The predicted molar refractivity (Wildman–Crippen MR) is 43.5 cm³/mol. The van der Waals surface area contributed by atoms with Gasteiger partial charge in [-0.25, -0.2) is 0 Å². The van der Waals surface area contributed by atoms with E-state index in [0.29, 0.717) is 6.54 Å². The van der Waals surface area contributed by atoms with Gasteiger partial charge in [-0.05, 0) is 13.8 Å². The lowest BCUT2D eigenvalue weighted by molar-refractivity contribution is 0.948. The van der Waals surface area contributed by atoms with E-state index in [1.807, 2.05) is 13.8 Å². The number of aliphatic imine (C=N–C) groups is 1. The zero-order valence-corrected chi connectivity index (χ0v) is 6.65. The maximum absolute atomic E-state index is 5.79. The molecule has 0 aromatic rings. The Morgan fingerprint density at radius 2 is 2.22 bits per heavy atom. The maximum Gasteiger partial charge on any atom is 0.0736 e. The fraction of sp³-hybridized carbons (Fsp3) is 0.571. The Kier molecular flexibility index (Phi) is 3.55. The van der Waals surface area contributed by atoms with Gasteiger partial charge in [-0.2, -0.15) is 0 Å². The lowest BCUT2D eigenvalue weighted by Gasteiger charge is -2.05. The molecular weight excluding hydrogens is 134 g/mol. The average Bonchev–Trinajstić information content (AvgIpc) is 1.63. The predicted octanol–water partition coefficient (Wildman–Crippen LogP) is 2.26. The summed E-state index contributed by atoms with van der Waals surface area (Å²) in [5.74, 6) is 0. The zero-order valence-electron chi connectivity index (χ0n) is 5.89. The molecule has 1 nitrogen and oxygen atoms in total. The first-order chi connectivity index (χ1) is 4.06. The van der Waals surface area contributed by atoms with Gasteiger partial charge < -0.3 is 0 Å². The Bertz CT molecular complexity index is 111. The molecule has 0 aliphatic carbocycles. The molecule has 0 spiro atoms. The van der Waals surface area contributed by atoms with Gasteiger partial charge in [0.05, 0.1) is 11.4 Å². The van der Waals surface area contributed by atoms with Gasteiger partial charge in [0.2, 0.25) is 0 Å². The highest BCUT2D eigenvalue weighted by atomic mass is 35.5. The quantitative estimate of drug-likeness (QED) is 0.328. The topological polar surface area (TPSA) is 12.4 Å². The molecule has 0 aromatic heterocycles. The van der Waals surface area contributed by atoms with Gasteiger partial charge in [0.25, 0.3) is 0 Å². The van der Waals surface area contributed by atoms with E-state index >= 15 is 0 Å². The molecule has 0 atom stereocenters. The van der Waals surface area contributed by atoms with Crippen molar-refractivity contribution in [2.45, 2.75) is 18.7 Å². The van der Waals surface area contributed by atoms with Crippen LogP contribution in [-0.4, -0.2) is 17.6 Å². The van der Waals surface area contributed by atoms with Crippen molar-refractivity contribution in [3.8, 4) is 0 Å². The normalized spacial score (nSPS) is 12.3. The van der Waals surface area contributed by atoms with Crippen LogP contribution >= 0.6 is 11.6 Å². The first-order valence-electron chi connectivity index (χ1n) is 2.87. The van der Waals surface area contributed by atoms with Crippen molar-refractivity contribution in [2.24, 2.45) is 4.99 Å². The van der Waals surface area contributed by atoms with Crippen LogP contribution in [0, 0.1) is 0 Å². The smallest absolute Gasteiger partial charge is 0.0736 e. The molecule has 0 fully saturated rings. The van der Waals surface area contributed by atoms with Crippen molar-refractivity contribution < 1.29 is 0 Å². The van der Waals surface area contributed by atoms with Crippen molar-refractivity contribution in [3.05, 3.63) is 12.7 Å². The first kappa shape index (κ1) is 8.70. The van der Waals surface area contributed by atoms with E-state index in [4.69, 9.17) is 11.6 Å². The largest absolute Gasteiger partial charge is 0.292 e. The van der Waals surface area contributed by atoms with E-state index in [-0.39, 0.29) is 4.87 Å².